The average Bonchev–Trinajstić information content (AvgIpc) is 3.00. The van der Waals surface area contributed by atoms with Crippen LogP contribution in [0.2, 0.25) is 5.02 Å². The van der Waals surface area contributed by atoms with E-state index in [1.54, 1.807) is 24.3 Å². The summed E-state index contributed by atoms with van der Waals surface area (Å²) in [5.41, 5.74) is -0.914. The molecule has 0 saturated heterocycles. The van der Waals surface area contributed by atoms with Gasteiger partial charge in [0.1, 0.15) is 17.4 Å². The number of amides is 1. The summed E-state index contributed by atoms with van der Waals surface area (Å²) < 4.78 is 102. The first-order chi connectivity index (χ1) is 21.2. The maximum absolute atomic E-state index is 15.1. The highest BCUT2D eigenvalue weighted by Gasteiger charge is 2.34. The molecule has 1 atom stereocenters. The van der Waals surface area contributed by atoms with Gasteiger partial charge in [-0.2, -0.15) is 13.2 Å². The molecule has 4 rings (SSSR count). The van der Waals surface area contributed by atoms with Crippen LogP contribution in [0.3, 0.4) is 0 Å². The third-order valence-electron chi connectivity index (χ3n) is 6.94. The molecule has 4 aromatic carbocycles. The molecule has 0 saturated carbocycles. The molecule has 0 heterocycles. The number of benzene rings is 4. The molecule has 45 heavy (non-hydrogen) atoms. The minimum absolute atomic E-state index is 0.0760. The number of hydrogen-bond acceptors (Lipinski definition) is 4. The normalized spacial score (nSPS) is 12.4. The monoisotopic (exact) mass is 666 g/mol. The highest BCUT2D eigenvalue weighted by atomic mass is 35.5. The number of anilines is 1. The molecule has 6 nitrogen and oxygen atoms in total. The van der Waals surface area contributed by atoms with Crippen LogP contribution in [0.25, 0.3) is 0 Å². The lowest BCUT2D eigenvalue weighted by molar-refractivity contribution is -0.137. The second-order valence-corrected chi connectivity index (χ2v) is 12.3. The maximum Gasteiger partial charge on any atom is 0.416 e. The molecule has 1 unspecified atom stereocenters. The zero-order valence-corrected chi connectivity index (χ0v) is 25.6. The van der Waals surface area contributed by atoms with Crippen LogP contribution < -0.4 is 9.04 Å². The van der Waals surface area contributed by atoms with E-state index in [0.29, 0.717) is 12.0 Å². The minimum Gasteiger partial charge on any atom is -0.493 e. The smallest absolute Gasteiger partial charge is 0.416 e. The molecule has 0 bridgehead atoms. The molecule has 0 spiro atoms. The van der Waals surface area contributed by atoms with Gasteiger partial charge in [0.05, 0.1) is 28.8 Å². The van der Waals surface area contributed by atoms with E-state index in [-0.39, 0.29) is 34.4 Å². The van der Waals surface area contributed by atoms with Crippen LogP contribution in [0.15, 0.2) is 95.9 Å². The summed E-state index contributed by atoms with van der Waals surface area (Å²) in [6.45, 7) is 1.78. The van der Waals surface area contributed by atoms with Gasteiger partial charge in [0.2, 0.25) is 0 Å². The van der Waals surface area contributed by atoms with Crippen molar-refractivity contribution >= 4 is 33.2 Å². The van der Waals surface area contributed by atoms with Gasteiger partial charge in [-0.1, -0.05) is 29.8 Å². The summed E-state index contributed by atoms with van der Waals surface area (Å²) >= 11 is 5.94. The minimum atomic E-state index is -4.51. The van der Waals surface area contributed by atoms with Gasteiger partial charge in [-0.05, 0) is 80.1 Å². The lowest BCUT2D eigenvalue weighted by Gasteiger charge is -2.32. The summed E-state index contributed by atoms with van der Waals surface area (Å²) in [6.07, 6.45) is -4.20. The van der Waals surface area contributed by atoms with Crippen LogP contribution in [0.1, 0.15) is 40.9 Å². The van der Waals surface area contributed by atoms with Gasteiger partial charge < -0.3 is 9.64 Å². The quantitative estimate of drug-likeness (QED) is 0.120. The average molecular weight is 667 g/mol. The summed E-state index contributed by atoms with van der Waals surface area (Å²) in [5, 5.41) is 0.288. The van der Waals surface area contributed by atoms with Crippen LogP contribution in [-0.4, -0.2) is 39.4 Å². The number of hydrogen-bond donors (Lipinski definition) is 0. The Morgan fingerprint density at radius 1 is 0.933 bits per heavy atom. The van der Waals surface area contributed by atoms with Crippen molar-refractivity contribution < 1.29 is 39.9 Å². The molecule has 4 aromatic rings. The van der Waals surface area contributed by atoms with Gasteiger partial charge in [0, 0.05) is 35.8 Å². The number of nitrogens with zero attached hydrogens (tertiary/aromatic N) is 2. The Kier molecular flexibility index (Phi) is 10.4. The number of alkyl halides is 3. The Morgan fingerprint density at radius 2 is 1.58 bits per heavy atom. The van der Waals surface area contributed by atoms with Crippen LogP contribution in [0, 0.1) is 11.6 Å². The molecule has 1 amide bonds. The van der Waals surface area contributed by atoms with Crippen molar-refractivity contribution in [3.8, 4) is 5.75 Å². The first-order valence-electron chi connectivity index (χ1n) is 13.6. The van der Waals surface area contributed by atoms with Crippen LogP contribution in [0.5, 0.6) is 5.75 Å². The van der Waals surface area contributed by atoms with Crippen molar-refractivity contribution in [2.24, 2.45) is 0 Å². The zero-order chi connectivity index (χ0) is 32.9. The predicted molar refractivity (Wildman–Crippen MR) is 161 cm³/mol. The molecule has 0 aromatic heterocycles. The number of carbonyl (C=O) groups is 1. The Bertz CT molecular complexity index is 1750. The fourth-order valence-electron chi connectivity index (χ4n) is 4.61. The predicted octanol–water partition coefficient (Wildman–Crippen LogP) is 8.13. The molecular weight excluding hydrogens is 639 g/mol. The van der Waals surface area contributed by atoms with Gasteiger partial charge in [-0.15, -0.1) is 0 Å². The number of carbonyl (C=O) groups excluding carboxylic acids is 1. The van der Waals surface area contributed by atoms with E-state index in [0.717, 1.165) is 46.8 Å². The number of para-hydroxylation sites is 1. The summed E-state index contributed by atoms with van der Waals surface area (Å²) in [6, 6.07) is 17.1. The van der Waals surface area contributed by atoms with Crippen molar-refractivity contribution in [1.82, 2.24) is 4.90 Å². The number of halogens is 6. The van der Waals surface area contributed by atoms with E-state index in [2.05, 4.69) is 0 Å². The van der Waals surface area contributed by atoms with E-state index >= 15 is 4.39 Å². The van der Waals surface area contributed by atoms with Gasteiger partial charge >= 0.3 is 6.18 Å². The van der Waals surface area contributed by atoms with E-state index in [4.69, 9.17) is 16.3 Å². The zero-order valence-electron chi connectivity index (χ0n) is 24.1. The largest absolute Gasteiger partial charge is 0.493 e. The number of ether oxygens (including phenoxy) is 1. The van der Waals surface area contributed by atoms with Gasteiger partial charge in [-0.3, -0.25) is 9.10 Å². The van der Waals surface area contributed by atoms with Crippen molar-refractivity contribution in [3.63, 3.8) is 0 Å². The Hall–Kier alpha value is -4.16. The van der Waals surface area contributed by atoms with Crippen molar-refractivity contribution in [1.29, 1.82) is 0 Å². The fraction of sp³-hybridized carbons (Fsp3) is 0.219. The first kappa shape index (κ1) is 33.7. The second kappa shape index (κ2) is 13.9. The Morgan fingerprint density at radius 3 is 2.22 bits per heavy atom. The SMILES string of the molecule is CC(c1ccccc1OCCCN(C)C(=O)c1ccc(C(F)(F)F)cc1)N(c1cc(F)ccc1F)S(=O)(=O)c1ccc(Cl)cc1. The van der Waals surface area contributed by atoms with Gasteiger partial charge in [-0.25, -0.2) is 17.2 Å². The topological polar surface area (TPSA) is 66.9 Å². The first-order valence-corrected chi connectivity index (χ1v) is 15.4. The lowest BCUT2D eigenvalue weighted by atomic mass is 10.1. The van der Waals surface area contributed by atoms with Crippen molar-refractivity contribution in [2.75, 3.05) is 24.5 Å². The van der Waals surface area contributed by atoms with Crippen molar-refractivity contribution in [2.45, 2.75) is 30.5 Å². The molecule has 0 fully saturated rings. The number of rotatable bonds is 11. The van der Waals surface area contributed by atoms with E-state index < -0.39 is 51.0 Å². The molecule has 0 radical (unpaired) electrons. The molecule has 0 aliphatic carbocycles. The Labute approximate surface area is 262 Å². The van der Waals surface area contributed by atoms with Crippen LogP contribution in [0.4, 0.5) is 27.6 Å². The van der Waals surface area contributed by atoms with Gasteiger partial charge in [0.25, 0.3) is 15.9 Å². The van der Waals surface area contributed by atoms with E-state index in [1.165, 1.54) is 43.1 Å². The summed E-state index contributed by atoms with van der Waals surface area (Å²) in [5.74, 6) is -2.00. The fourth-order valence-corrected chi connectivity index (χ4v) is 6.37. The molecule has 13 heteroatoms. The molecule has 0 N–H and O–H groups in total. The van der Waals surface area contributed by atoms with E-state index in [1.807, 2.05) is 0 Å². The molecule has 0 aliphatic rings. The van der Waals surface area contributed by atoms with Crippen molar-refractivity contribution in [3.05, 3.63) is 124 Å². The summed E-state index contributed by atoms with van der Waals surface area (Å²) in [7, 11) is -2.95. The second-order valence-electron chi connectivity index (χ2n) is 10.1. The maximum atomic E-state index is 15.1. The lowest BCUT2D eigenvalue weighted by Crippen LogP contribution is -2.34. The third kappa shape index (κ3) is 7.93. The van der Waals surface area contributed by atoms with Crippen LogP contribution >= 0.6 is 11.6 Å². The molecular formula is C32H28ClF5N2O4S. The number of sulfonamides is 1. The van der Waals surface area contributed by atoms with Gasteiger partial charge in [0.15, 0.2) is 0 Å². The highest BCUT2D eigenvalue weighted by molar-refractivity contribution is 7.92. The molecule has 238 valence electrons. The van der Waals surface area contributed by atoms with Crippen LogP contribution in [-0.2, 0) is 16.2 Å². The molecule has 0 aliphatic heterocycles. The summed E-state index contributed by atoms with van der Waals surface area (Å²) in [4.78, 5) is 13.8. The van der Waals surface area contributed by atoms with E-state index in [9.17, 15) is 30.8 Å². The third-order valence-corrected chi connectivity index (χ3v) is 9.09. The Balaban J connectivity index is 1.52. The standard InChI is InChI=1S/C32H28ClF5N2O4S/c1-21(40(29-20-25(34)14-17-28(29)35)45(42,43)26-15-12-24(33)13-16-26)27-6-3-4-7-30(27)44-19-5-18-39(2)31(41)22-8-10-23(11-9-22)32(36,37)38/h3-4,6-17,20-21H,5,18-19H2,1-2H3. The highest BCUT2D eigenvalue weighted by Crippen LogP contribution is 2.38.